The van der Waals surface area contributed by atoms with E-state index in [0.29, 0.717) is 0 Å². The fourth-order valence-corrected chi connectivity index (χ4v) is 7.93. The molecule has 0 N–H and O–H groups in total. The number of hydrogen-bond donors (Lipinski definition) is 0. The van der Waals surface area contributed by atoms with E-state index in [9.17, 15) is 4.79 Å². The smallest absolute Gasteiger partial charge is 0.309 e. The summed E-state index contributed by atoms with van der Waals surface area (Å²) in [5.74, 6) is 0.204. The van der Waals surface area contributed by atoms with Crippen LogP contribution in [0.25, 0.3) is 0 Å². The largest absolute Gasteiger partial charge is 0.462 e. The normalized spacial score (nSPS) is 13.0. The molecule has 0 radical (unpaired) electrons. The molecule has 0 heterocycles. The lowest BCUT2D eigenvalue weighted by molar-refractivity contribution is -0.154. The first kappa shape index (κ1) is 53.0. The van der Waals surface area contributed by atoms with E-state index in [4.69, 9.17) is 4.74 Å². The highest BCUT2D eigenvalue weighted by Gasteiger charge is 2.21. The van der Waals surface area contributed by atoms with Crippen LogP contribution in [0, 0.1) is 5.92 Å². The number of allylic oxidation sites excluding steroid dienone is 4. The van der Waals surface area contributed by atoms with Crippen LogP contribution in [-0.2, 0) is 9.53 Å². The molecule has 2 atom stereocenters. The molecule has 0 aliphatic carbocycles. The monoisotopic (exact) mass is 757 g/mol. The van der Waals surface area contributed by atoms with Crippen molar-refractivity contribution < 1.29 is 9.53 Å². The summed E-state index contributed by atoms with van der Waals surface area (Å²) in [6.07, 6.45) is 63.6. The van der Waals surface area contributed by atoms with Crippen molar-refractivity contribution in [3.63, 3.8) is 0 Å². The SMILES string of the molecule is CCCCCCCCC=CCCCCCCCCC(CCCCCCC=CCCCCCCCC)C(=O)OC(C)CCCCCCCCCCCCCC. The van der Waals surface area contributed by atoms with Crippen molar-refractivity contribution in [3.05, 3.63) is 24.3 Å². The molecule has 0 aliphatic heterocycles. The van der Waals surface area contributed by atoms with Gasteiger partial charge in [-0.05, 0) is 84.0 Å². The van der Waals surface area contributed by atoms with Crippen LogP contribution in [0.4, 0.5) is 0 Å². The van der Waals surface area contributed by atoms with Crippen LogP contribution in [0.1, 0.15) is 291 Å². The van der Waals surface area contributed by atoms with Crippen molar-refractivity contribution in [1.29, 1.82) is 0 Å². The van der Waals surface area contributed by atoms with E-state index in [1.807, 2.05) is 0 Å². The highest BCUT2D eigenvalue weighted by Crippen LogP contribution is 2.23. The third kappa shape index (κ3) is 42.1. The van der Waals surface area contributed by atoms with E-state index in [0.717, 1.165) is 19.3 Å². The minimum absolute atomic E-state index is 0.0612. The molecule has 0 saturated carbocycles. The van der Waals surface area contributed by atoms with Gasteiger partial charge in [0.25, 0.3) is 0 Å². The van der Waals surface area contributed by atoms with E-state index in [1.165, 1.54) is 244 Å². The van der Waals surface area contributed by atoms with Crippen LogP contribution in [-0.4, -0.2) is 12.1 Å². The Hall–Kier alpha value is -1.05. The lowest BCUT2D eigenvalue weighted by Gasteiger charge is -2.20. The molecule has 320 valence electrons. The Morgan fingerprint density at radius 3 is 0.889 bits per heavy atom. The summed E-state index contributed by atoms with van der Waals surface area (Å²) >= 11 is 0. The summed E-state index contributed by atoms with van der Waals surface area (Å²) in [6, 6.07) is 0. The van der Waals surface area contributed by atoms with Crippen molar-refractivity contribution in [2.24, 2.45) is 5.92 Å². The number of ether oxygens (including phenoxy) is 1. The molecule has 2 nitrogen and oxygen atoms in total. The zero-order chi connectivity index (χ0) is 39.3. The molecule has 0 bridgehead atoms. The van der Waals surface area contributed by atoms with E-state index >= 15 is 0 Å². The van der Waals surface area contributed by atoms with Gasteiger partial charge in [-0.2, -0.15) is 0 Å². The molecular formula is C52H100O2. The van der Waals surface area contributed by atoms with Crippen LogP contribution in [0.5, 0.6) is 0 Å². The van der Waals surface area contributed by atoms with Gasteiger partial charge in [-0.3, -0.25) is 4.79 Å². The van der Waals surface area contributed by atoms with Gasteiger partial charge in [0.1, 0.15) is 0 Å². The van der Waals surface area contributed by atoms with Crippen LogP contribution in [0.15, 0.2) is 24.3 Å². The van der Waals surface area contributed by atoms with Gasteiger partial charge < -0.3 is 4.74 Å². The average Bonchev–Trinajstić information content (AvgIpc) is 3.17. The van der Waals surface area contributed by atoms with Gasteiger partial charge in [0.2, 0.25) is 0 Å². The van der Waals surface area contributed by atoms with Crippen molar-refractivity contribution in [2.75, 3.05) is 0 Å². The van der Waals surface area contributed by atoms with Gasteiger partial charge in [0, 0.05) is 0 Å². The Balaban J connectivity index is 4.27. The van der Waals surface area contributed by atoms with Crippen LogP contribution in [0.2, 0.25) is 0 Å². The average molecular weight is 757 g/mol. The standard InChI is InChI=1S/C52H100O2/c1-5-8-11-14-17-20-23-26-28-29-31-34-37-40-43-46-49-51(48-45-42-39-36-33-30-27-24-21-18-15-12-9-6-2)52(53)54-50(4)47-44-41-38-35-32-25-22-19-16-13-10-7-3/h26-28,30,50-51H,5-25,29,31-49H2,1-4H3. The van der Waals surface area contributed by atoms with Gasteiger partial charge in [0.15, 0.2) is 0 Å². The van der Waals surface area contributed by atoms with Crippen molar-refractivity contribution in [3.8, 4) is 0 Å². The topological polar surface area (TPSA) is 26.3 Å². The molecule has 0 aromatic carbocycles. The zero-order valence-corrected chi connectivity index (χ0v) is 37.8. The minimum atomic E-state index is 0.0612. The number of esters is 1. The van der Waals surface area contributed by atoms with Gasteiger partial charge >= 0.3 is 5.97 Å². The first-order chi connectivity index (χ1) is 26.7. The molecular weight excluding hydrogens is 657 g/mol. The minimum Gasteiger partial charge on any atom is -0.462 e. The Kier molecular flexibility index (Phi) is 45.4. The summed E-state index contributed by atoms with van der Waals surface area (Å²) in [5, 5.41) is 0. The molecule has 54 heavy (non-hydrogen) atoms. The van der Waals surface area contributed by atoms with Crippen molar-refractivity contribution in [2.45, 2.75) is 297 Å². The fraction of sp³-hybridized carbons (Fsp3) is 0.904. The maximum atomic E-state index is 13.4. The molecule has 0 rings (SSSR count). The van der Waals surface area contributed by atoms with Crippen molar-refractivity contribution >= 4 is 5.97 Å². The van der Waals surface area contributed by atoms with E-state index < -0.39 is 0 Å². The second-order valence-electron chi connectivity index (χ2n) is 17.4. The quantitative estimate of drug-likeness (QED) is 0.0351. The number of unbranched alkanes of at least 4 members (excludes halogenated alkanes) is 33. The predicted molar refractivity (Wildman–Crippen MR) is 244 cm³/mol. The maximum Gasteiger partial charge on any atom is 0.309 e. The Bertz CT molecular complexity index is 768. The van der Waals surface area contributed by atoms with Gasteiger partial charge in [-0.15, -0.1) is 0 Å². The third-order valence-corrected chi connectivity index (χ3v) is 11.7. The first-order valence-corrected chi connectivity index (χ1v) is 25.2. The number of hydrogen-bond acceptors (Lipinski definition) is 2. The molecule has 0 aromatic heterocycles. The van der Waals surface area contributed by atoms with Gasteiger partial charge in [0.05, 0.1) is 12.0 Å². The maximum absolute atomic E-state index is 13.4. The Labute approximate surface area is 341 Å². The number of rotatable bonds is 45. The second-order valence-corrected chi connectivity index (χ2v) is 17.4. The Morgan fingerprint density at radius 2 is 0.593 bits per heavy atom. The van der Waals surface area contributed by atoms with Gasteiger partial charge in [-0.1, -0.05) is 231 Å². The Morgan fingerprint density at radius 1 is 0.352 bits per heavy atom. The molecule has 0 aliphatic rings. The van der Waals surface area contributed by atoms with Crippen LogP contribution >= 0.6 is 0 Å². The third-order valence-electron chi connectivity index (χ3n) is 11.7. The molecule has 0 spiro atoms. The van der Waals surface area contributed by atoms with Crippen molar-refractivity contribution in [1.82, 2.24) is 0 Å². The fourth-order valence-electron chi connectivity index (χ4n) is 7.93. The molecule has 0 saturated heterocycles. The second kappa shape index (κ2) is 46.3. The highest BCUT2D eigenvalue weighted by atomic mass is 16.5. The molecule has 2 heteroatoms. The summed E-state index contributed by atoms with van der Waals surface area (Å²) in [4.78, 5) is 13.4. The molecule has 0 amide bonds. The van der Waals surface area contributed by atoms with E-state index in [-0.39, 0.29) is 18.0 Å². The van der Waals surface area contributed by atoms with E-state index in [2.05, 4.69) is 52.0 Å². The van der Waals surface area contributed by atoms with Crippen LogP contribution < -0.4 is 0 Å². The van der Waals surface area contributed by atoms with Gasteiger partial charge in [-0.25, -0.2) is 0 Å². The lowest BCUT2D eigenvalue weighted by Crippen LogP contribution is -2.23. The summed E-state index contributed by atoms with van der Waals surface area (Å²) in [7, 11) is 0. The summed E-state index contributed by atoms with van der Waals surface area (Å²) in [6.45, 7) is 9.01. The summed E-state index contributed by atoms with van der Waals surface area (Å²) in [5.41, 5.74) is 0. The highest BCUT2D eigenvalue weighted by molar-refractivity contribution is 5.72. The zero-order valence-electron chi connectivity index (χ0n) is 37.8. The van der Waals surface area contributed by atoms with Crippen LogP contribution in [0.3, 0.4) is 0 Å². The predicted octanol–water partition coefficient (Wildman–Crippen LogP) is 18.7. The van der Waals surface area contributed by atoms with E-state index in [1.54, 1.807) is 0 Å². The molecule has 2 unspecified atom stereocenters. The number of carbonyl (C=O) groups excluding carboxylic acids is 1. The summed E-state index contributed by atoms with van der Waals surface area (Å²) < 4.78 is 6.11. The lowest BCUT2D eigenvalue weighted by atomic mass is 9.94. The molecule has 0 aromatic rings. The number of carbonyl (C=O) groups is 1. The molecule has 0 fully saturated rings. The first-order valence-electron chi connectivity index (χ1n) is 25.2.